The first kappa shape index (κ1) is 23.3. The Bertz CT molecular complexity index is 1190. The second-order valence-corrected chi connectivity index (χ2v) is 10.5. The molecule has 1 saturated heterocycles. The Balaban J connectivity index is 1.16. The molecule has 0 radical (unpaired) electrons. The van der Waals surface area contributed by atoms with Gasteiger partial charge in [-0.15, -0.1) is 0 Å². The number of aliphatic imine (C=N–C) groups is 1. The number of nitrogens with zero attached hydrogens (tertiary/aromatic N) is 6. The van der Waals surface area contributed by atoms with Crippen LogP contribution in [0.4, 0.5) is 5.69 Å². The zero-order valence-electron chi connectivity index (χ0n) is 21.5. The Morgan fingerprint density at radius 3 is 2.44 bits per heavy atom. The SMILES string of the molecule is Cc1ccccc1CN1C(=O)C2=C(CCN(Cc3ccc(N4CCN(C)CC4)cc3)C2)N2CCN=C12. The van der Waals surface area contributed by atoms with E-state index in [9.17, 15) is 4.79 Å². The Morgan fingerprint density at radius 1 is 0.889 bits per heavy atom. The van der Waals surface area contributed by atoms with Crippen molar-refractivity contribution < 1.29 is 4.79 Å². The third kappa shape index (κ3) is 4.42. The maximum absolute atomic E-state index is 13.8. The quantitative estimate of drug-likeness (QED) is 0.653. The monoisotopic (exact) mass is 484 g/mol. The molecule has 1 fully saturated rings. The standard InChI is InChI=1S/C29H36N6O/c1-22-5-3-4-6-24(22)20-35-28(36)26-21-32(13-11-27(26)34-14-12-30-29(34)35)19-23-7-9-25(10-8-23)33-17-15-31(2)16-18-33/h3-10H,11-21H2,1-2H3. The number of benzene rings is 2. The highest BCUT2D eigenvalue weighted by Crippen LogP contribution is 2.32. The molecule has 2 aromatic carbocycles. The molecule has 4 heterocycles. The van der Waals surface area contributed by atoms with Gasteiger partial charge in [0.25, 0.3) is 5.91 Å². The number of rotatable bonds is 5. The molecule has 0 unspecified atom stereocenters. The number of amides is 1. The molecule has 7 nitrogen and oxygen atoms in total. The van der Waals surface area contributed by atoms with Crippen LogP contribution in [0.15, 0.2) is 64.8 Å². The third-order valence-corrected chi connectivity index (χ3v) is 8.08. The normalized spacial score (nSPS) is 21.1. The zero-order valence-corrected chi connectivity index (χ0v) is 21.5. The van der Waals surface area contributed by atoms with Crippen LogP contribution in [0.25, 0.3) is 0 Å². The fourth-order valence-corrected chi connectivity index (χ4v) is 5.84. The molecule has 0 saturated carbocycles. The van der Waals surface area contributed by atoms with E-state index in [0.717, 1.165) is 70.3 Å². The van der Waals surface area contributed by atoms with Gasteiger partial charge in [-0.3, -0.25) is 19.6 Å². The van der Waals surface area contributed by atoms with Crippen molar-refractivity contribution in [3.63, 3.8) is 0 Å². The summed E-state index contributed by atoms with van der Waals surface area (Å²) in [5.74, 6) is 0.968. The fourth-order valence-electron chi connectivity index (χ4n) is 5.84. The van der Waals surface area contributed by atoms with Crippen LogP contribution in [-0.4, -0.2) is 90.9 Å². The Kier molecular flexibility index (Phi) is 6.27. The van der Waals surface area contributed by atoms with Crippen molar-refractivity contribution in [1.82, 2.24) is 19.6 Å². The third-order valence-electron chi connectivity index (χ3n) is 8.08. The maximum Gasteiger partial charge on any atom is 0.259 e. The predicted molar refractivity (Wildman–Crippen MR) is 144 cm³/mol. The molecule has 0 aliphatic carbocycles. The van der Waals surface area contributed by atoms with Gasteiger partial charge in [0.05, 0.1) is 18.7 Å². The summed E-state index contributed by atoms with van der Waals surface area (Å²) in [7, 11) is 2.19. The molecule has 0 spiro atoms. The van der Waals surface area contributed by atoms with E-state index in [1.807, 2.05) is 17.0 Å². The highest BCUT2D eigenvalue weighted by atomic mass is 16.2. The van der Waals surface area contributed by atoms with Crippen LogP contribution in [0.1, 0.15) is 23.1 Å². The van der Waals surface area contributed by atoms with E-state index in [0.29, 0.717) is 13.1 Å². The lowest BCUT2D eigenvalue weighted by molar-refractivity contribution is -0.125. The van der Waals surface area contributed by atoms with Gasteiger partial charge in [0.2, 0.25) is 5.96 Å². The average Bonchev–Trinajstić information content (AvgIpc) is 3.39. The van der Waals surface area contributed by atoms with Crippen LogP contribution in [0, 0.1) is 6.92 Å². The van der Waals surface area contributed by atoms with Crippen LogP contribution >= 0.6 is 0 Å². The number of hydrogen-bond acceptors (Lipinski definition) is 6. The molecule has 0 bridgehead atoms. The minimum Gasteiger partial charge on any atom is -0.369 e. The van der Waals surface area contributed by atoms with Gasteiger partial charge in [0.15, 0.2) is 0 Å². The summed E-state index contributed by atoms with van der Waals surface area (Å²) >= 11 is 0. The predicted octanol–water partition coefficient (Wildman–Crippen LogP) is 2.92. The molecule has 0 N–H and O–H groups in total. The van der Waals surface area contributed by atoms with Gasteiger partial charge in [-0.1, -0.05) is 36.4 Å². The van der Waals surface area contributed by atoms with Gasteiger partial charge in [0, 0.05) is 70.2 Å². The van der Waals surface area contributed by atoms with Crippen LogP contribution < -0.4 is 4.90 Å². The molecule has 36 heavy (non-hydrogen) atoms. The highest BCUT2D eigenvalue weighted by molar-refractivity contribution is 6.09. The van der Waals surface area contributed by atoms with Crippen LogP contribution in [0.2, 0.25) is 0 Å². The average molecular weight is 485 g/mol. The largest absolute Gasteiger partial charge is 0.369 e. The Labute approximate surface area is 214 Å². The minimum atomic E-state index is 0.125. The van der Waals surface area contributed by atoms with Gasteiger partial charge < -0.3 is 14.7 Å². The van der Waals surface area contributed by atoms with Gasteiger partial charge in [-0.05, 0) is 42.8 Å². The first-order valence-electron chi connectivity index (χ1n) is 13.2. The smallest absolute Gasteiger partial charge is 0.259 e. The number of carbonyl (C=O) groups excluding carboxylic acids is 1. The van der Waals surface area contributed by atoms with E-state index in [2.05, 4.69) is 70.0 Å². The van der Waals surface area contributed by atoms with Gasteiger partial charge >= 0.3 is 0 Å². The molecular weight excluding hydrogens is 448 g/mol. The van der Waals surface area contributed by atoms with E-state index >= 15 is 0 Å². The molecule has 188 valence electrons. The van der Waals surface area contributed by atoms with Crippen molar-refractivity contribution in [3.8, 4) is 0 Å². The molecular formula is C29H36N6O. The van der Waals surface area contributed by atoms with Crippen molar-refractivity contribution in [1.29, 1.82) is 0 Å². The molecule has 4 aliphatic heterocycles. The number of aryl methyl sites for hydroxylation is 1. The summed E-state index contributed by atoms with van der Waals surface area (Å²) in [6, 6.07) is 17.4. The van der Waals surface area contributed by atoms with E-state index in [1.165, 1.54) is 28.1 Å². The summed E-state index contributed by atoms with van der Waals surface area (Å²) in [4.78, 5) is 30.0. The molecule has 2 aromatic rings. The summed E-state index contributed by atoms with van der Waals surface area (Å²) in [5, 5.41) is 0. The molecule has 7 heteroatoms. The number of fused-ring (bicyclic) bond motifs is 2. The van der Waals surface area contributed by atoms with Crippen molar-refractivity contribution in [2.75, 3.05) is 64.3 Å². The Hall–Kier alpha value is -3.16. The van der Waals surface area contributed by atoms with Crippen molar-refractivity contribution in [2.24, 2.45) is 4.99 Å². The topological polar surface area (TPSA) is 45.6 Å². The van der Waals surface area contributed by atoms with Gasteiger partial charge in [-0.2, -0.15) is 0 Å². The van der Waals surface area contributed by atoms with E-state index < -0.39 is 0 Å². The highest BCUT2D eigenvalue weighted by Gasteiger charge is 2.41. The second kappa shape index (κ2) is 9.71. The number of piperazine rings is 1. The van der Waals surface area contributed by atoms with Gasteiger partial charge in [0.1, 0.15) is 0 Å². The summed E-state index contributed by atoms with van der Waals surface area (Å²) in [6.45, 7) is 11.3. The molecule has 1 amide bonds. The molecule has 0 aromatic heterocycles. The molecule has 0 atom stereocenters. The lowest BCUT2D eigenvalue weighted by atomic mass is 9.99. The van der Waals surface area contributed by atoms with E-state index in [-0.39, 0.29) is 5.91 Å². The van der Waals surface area contributed by atoms with Crippen LogP contribution in [0.3, 0.4) is 0 Å². The second-order valence-electron chi connectivity index (χ2n) is 10.5. The summed E-state index contributed by atoms with van der Waals surface area (Å²) in [5.41, 5.74) is 7.15. The molecule has 4 aliphatic rings. The van der Waals surface area contributed by atoms with E-state index in [4.69, 9.17) is 4.99 Å². The number of guanidine groups is 1. The fraction of sp³-hybridized carbons (Fsp3) is 0.448. The van der Waals surface area contributed by atoms with Crippen molar-refractivity contribution in [3.05, 3.63) is 76.5 Å². The molecule has 6 rings (SSSR count). The number of carbonyl (C=O) groups is 1. The number of anilines is 1. The van der Waals surface area contributed by atoms with Crippen molar-refractivity contribution >= 4 is 17.6 Å². The first-order valence-corrected chi connectivity index (χ1v) is 13.2. The maximum atomic E-state index is 13.8. The van der Waals surface area contributed by atoms with Gasteiger partial charge in [-0.25, -0.2) is 0 Å². The summed E-state index contributed by atoms with van der Waals surface area (Å²) < 4.78 is 0. The summed E-state index contributed by atoms with van der Waals surface area (Å²) in [6.07, 6.45) is 0.900. The van der Waals surface area contributed by atoms with Crippen LogP contribution in [-0.2, 0) is 17.9 Å². The lowest BCUT2D eigenvalue weighted by Crippen LogP contribution is -2.53. The van der Waals surface area contributed by atoms with Crippen LogP contribution in [0.5, 0.6) is 0 Å². The van der Waals surface area contributed by atoms with Crippen molar-refractivity contribution in [2.45, 2.75) is 26.4 Å². The lowest BCUT2D eigenvalue weighted by Gasteiger charge is -2.42. The van der Waals surface area contributed by atoms with E-state index in [1.54, 1.807) is 0 Å². The number of likely N-dealkylation sites (N-methyl/N-ethyl adjacent to an activating group) is 1. The number of hydrogen-bond donors (Lipinski definition) is 0. The first-order chi connectivity index (χ1) is 17.6. The Morgan fingerprint density at radius 2 is 1.67 bits per heavy atom. The minimum absolute atomic E-state index is 0.125. The zero-order chi connectivity index (χ0) is 24.6.